The number of amides is 1. The van der Waals surface area contributed by atoms with E-state index in [0.29, 0.717) is 12.8 Å². The minimum atomic E-state index is -1.32. The molecular weight excluding hydrogens is 420 g/mol. The van der Waals surface area contributed by atoms with Crippen LogP contribution >= 0.6 is 0 Å². The Hall–Kier alpha value is -3.71. The molecule has 0 aromatic heterocycles. The van der Waals surface area contributed by atoms with Gasteiger partial charge in [0.25, 0.3) is 0 Å². The van der Waals surface area contributed by atoms with Gasteiger partial charge in [-0.25, -0.2) is 9.59 Å². The number of carbonyl (C=O) groups is 3. The Bertz CT molecular complexity index is 1020. The number of ether oxygens (including phenoxy) is 1. The minimum Gasteiger partial charge on any atom is -0.480 e. The van der Waals surface area contributed by atoms with Crippen LogP contribution in [0.15, 0.2) is 85.0 Å². The molecule has 7 nitrogen and oxygen atoms in total. The number of Topliss-reactive ketones (excluding diaryl/α,β-unsaturated/α-hetero) is 1. The number of ketones is 1. The molecule has 4 N–H and O–H groups in total. The van der Waals surface area contributed by atoms with Crippen molar-refractivity contribution in [2.75, 3.05) is 0 Å². The zero-order valence-electron chi connectivity index (χ0n) is 18.2. The van der Waals surface area contributed by atoms with E-state index in [-0.39, 0.29) is 18.8 Å². The second kappa shape index (κ2) is 11.2. The molecule has 0 radical (unpaired) electrons. The van der Waals surface area contributed by atoms with Crippen molar-refractivity contribution in [2.45, 2.75) is 38.0 Å². The largest absolute Gasteiger partial charge is 0.480 e. The smallest absolute Gasteiger partial charge is 0.408 e. The molecule has 33 heavy (non-hydrogen) atoms. The van der Waals surface area contributed by atoms with E-state index in [1.54, 1.807) is 36.4 Å². The number of nitrogens with two attached hydrogens (primary N) is 1. The van der Waals surface area contributed by atoms with Gasteiger partial charge in [0.1, 0.15) is 12.6 Å². The highest BCUT2D eigenvalue weighted by atomic mass is 16.5. The second-order valence-corrected chi connectivity index (χ2v) is 8.11. The molecule has 0 spiro atoms. The van der Waals surface area contributed by atoms with Gasteiger partial charge in [-0.15, -0.1) is 0 Å². The number of rotatable bonds is 10. The van der Waals surface area contributed by atoms with Crippen molar-refractivity contribution in [3.8, 4) is 0 Å². The number of carbonyl (C=O) groups excluding carboxylic acids is 2. The Balaban J connectivity index is 1.70. The Morgan fingerprint density at radius 2 is 1.64 bits per heavy atom. The number of hydrogen-bond donors (Lipinski definition) is 3. The average molecular weight is 449 g/mol. The first kappa shape index (κ1) is 23.9. The van der Waals surface area contributed by atoms with Crippen molar-refractivity contribution >= 4 is 17.8 Å². The first-order valence-corrected chi connectivity index (χ1v) is 10.8. The molecule has 1 amide bonds. The van der Waals surface area contributed by atoms with Gasteiger partial charge in [-0.05, 0) is 30.4 Å². The summed E-state index contributed by atoms with van der Waals surface area (Å²) in [6, 6.07) is 16.3. The third kappa shape index (κ3) is 6.63. The fourth-order valence-electron chi connectivity index (χ4n) is 3.90. The molecule has 3 atom stereocenters. The van der Waals surface area contributed by atoms with Crippen LogP contribution in [0.25, 0.3) is 0 Å². The van der Waals surface area contributed by atoms with Crippen molar-refractivity contribution in [3.05, 3.63) is 96.1 Å². The number of allylic oxidation sites excluding steroid dienone is 4. The van der Waals surface area contributed by atoms with Gasteiger partial charge in [-0.2, -0.15) is 0 Å². The van der Waals surface area contributed by atoms with Gasteiger partial charge >= 0.3 is 12.1 Å². The standard InChI is InChI=1S/C26H28N2O5/c27-21(16-19-10-4-1-5-11-19)23(29)26(14-8-3-9-15-26)17-22(24(30)31)28-25(32)33-18-20-12-6-2-7-13-20/h1-14,21-22H,15-18,27H2,(H,28,32)(H,30,31)/t21-,22+,26?/m0/s1. The molecule has 0 fully saturated rings. The summed E-state index contributed by atoms with van der Waals surface area (Å²) in [5.74, 6) is -1.52. The summed E-state index contributed by atoms with van der Waals surface area (Å²) < 4.78 is 5.16. The molecule has 1 aliphatic carbocycles. The first-order chi connectivity index (χ1) is 15.9. The van der Waals surface area contributed by atoms with Crippen LogP contribution in [-0.2, 0) is 27.4 Å². The second-order valence-electron chi connectivity index (χ2n) is 8.11. The maximum absolute atomic E-state index is 13.4. The first-order valence-electron chi connectivity index (χ1n) is 10.8. The molecule has 0 bridgehead atoms. The zero-order chi connectivity index (χ0) is 23.7. The minimum absolute atomic E-state index is 0.00762. The lowest BCUT2D eigenvalue weighted by molar-refractivity contribution is -0.140. The van der Waals surface area contributed by atoms with Crippen molar-refractivity contribution in [1.29, 1.82) is 0 Å². The summed E-state index contributed by atoms with van der Waals surface area (Å²) in [5.41, 5.74) is 6.82. The molecule has 2 aromatic carbocycles. The summed E-state index contributed by atoms with van der Waals surface area (Å²) in [6.45, 7) is 0.00762. The number of carboxylic acids is 1. The maximum Gasteiger partial charge on any atom is 0.408 e. The van der Waals surface area contributed by atoms with E-state index in [9.17, 15) is 19.5 Å². The van der Waals surface area contributed by atoms with Crippen molar-refractivity contribution in [1.82, 2.24) is 5.32 Å². The highest BCUT2D eigenvalue weighted by Gasteiger charge is 2.42. The third-order valence-electron chi connectivity index (χ3n) is 5.64. The molecule has 172 valence electrons. The van der Waals surface area contributed by atoms with Crippen LogP contribution in [0.1, 0.15) is 24.0 Å². The van der Waals surface area contributed by atoms with Gasteiger partial charge in [0.05, 0.1) is 11.5 Å². The maximum atomic E-state index is 13.4. The molecule has 1 unspecified atom stereocenters. The predicted octanol–water partition coefficient (Wildman–Crippen LogP) is 3.40. The number of benzene rings is 2. The molecule has 0 aliphatic heterocycles. The highest BCUT2D eigenvalue weighted by molar-refractivity contribution is 5.93. The molecule has 1 aliphatic rings. The van der Waals surface area contributed by atoms with Gasteiger partial charge in [0, 0.05) is 0 Å². The van der Waals surface area contributed by atoms with E-state index in [1.165, 1.54) is 0 Å². The number of hydrogen-bond acceptors (Lipinski definition) is 5. The number of alkyl carbamates (subject to hydrolysis) is 1. The van der Waals surface area contributed by atoms with Crippen LogP contribution in [0.4, 0.5) is 4.79 Å². The third-order valence-corrected chi connectivity index (χ3v) is 5.64. The molecule has 7 heteroatoms. The molecular formula is C26H28N2O5. The Morgan fingerprint density at radius 1 is 1.00 bits per heavy atom. The zero-order valence-corrected chi connectivity index (χ0v) is 18.2. The summed E-state index contributed by atoms with van der Waals surface area (Å²) >= 11 is 0. The van der Waals surface area contributed by atoms with E-state index in [2.05, 4.69) is 5.32 Å². The van der Waals surface area contributed by atoms with E-state index in [0.717, 1.165) is 11.1 Å². The van der Waals surface area contributed by atoms with Gasteiger partial charge < -0.3 is 20.9 Å². The SMILES string of the molecule is N[C@@H](Cc1ccccc1)C(=O)C1(C[C@@H](NC(=O)OCc2ccccc2)C(=O)O)C=CC=CC1. The highest BCUT2D eigenvalue weighted by Crippen LogP contribution is 2.36. The number of nitrogens with one attached hydrogen (secondary N) is 1. The van der Waals surface area contributed by atoms with Crippen LogP contribution in [0.3, 0.4) is 0 Å². The fourth-order valence-corrected chi connectivity index (χ4v) is 3.90. The van der Waals surface area contributed by atoms with Crippen LogP contribution in [-0.4, -0.2) is 35.0 Å². The van der Waals surface area contributed by atoms with Crippen LogP contribution in [0.5, 0.6) is 0 Å². The number of carboxylic acid groups (broad SMARTS) is 1. The summed E-state index contributed by atoms with van der Waals surface area (Å²) in [4.78, 5) is 37.7. The molecule has 0 saturated carbocycles. The topological polar surface area (TPSA) is 119 Å². The van der Waals surface area contributed by atoms with E-state index in [4.69, 9.17) is 10.5 Å². The van der Waals surface area contributed by atoms with Crippen molar-refractivity contribution in [2.24, 2.45) is 11.1 Å². The lowest BCUT2D eigenvalue weighted by atomic mass is 9.70. The van der Waals surface area contributed by atoms with Gasteiger partial charge in [0.2, 0.25) is 0 Å². The Morgan fingerprint density at radius 3 is 2.21 bits per heavy atom. The Labute approximate surface area is 192 Å². The summed E-state index contributed by atoms with van der Waals surface area (Å²) in [7, 11) is 0. The average Bonchev–Trinajstić information content (AvgIpc) is 2.83. The number of aliphatic carboxylic acids is 1. The summed E-state index contributed by atoms with van der Waals surface area (Å²) in [5, 5.41) is 12.1. The molecule has 2 aromatic rings. The quantitative estimate of drug-likeness (QED) is 0.513. The van der Waals surface area contributed by atoms with Crippen LogP contribution in [0.2, 0.25) is 0 Å². The monoisotopic (exact) mass is 448 g/mol. The van der Waals surface area contributed by atoms with E-state index < -0.39 is 29.6 Å². The normalized spacial score (nSPS) is 18.8. The summed E-state index contributed by atoms with van der Waals surface area (Å²) in [6.07, 6.45) is 6.64. The lowest BCUT2D eigenvalue weighted by Gasteiger charge is -2.34. The molecule has 0 heterocycles. The van der Waals surface area contributed by atoms with Gasteiger partial charge in [0.15, 0.2) is 5.78 Å². The van der Waals surface area contributed by atoms with Crippen LogP contribution in [0, 0.1) is 5.41 Å². The van der Waals surface area contributed by atoms with E-state index >= 15 is 0 Å². The Kier molecular flexibility index (Phi) is 8.16. The predicted molar refractivity (Wildman–Crippen MR) is 124 cm³/mol. The lowest BCUT2D eigenvalue weighted by Crippen LogP contribution is -2.50. The van der Waals surface area contributed by atoms with Crippen molar-refractivity contribution in [3.63, 3.8) is 0 Å². The van der Waals surface area contributed by atoms with Crippen molar-refractivity contribution < 1.29 is 24.2 Å². The van der Waals surface area contributed by atoms with Crippen LogP contribution < -0.4 is 11.1 Å². The van der Waals surface area contributed by atoms with E-state index in [1.807, 2.05) is 48.5 Å². The van der Waals surface area contributed by atoms with Gasteiger partial charge in [-0.3, -0.25) is 4.79 Å². The van der Waals surface area contributed by atoms with Gasteiger partial charge in [-0.1, -0.05) is 85.0 Å². The fraction of sp³-hybridized carbons (Fsp3) is 0.269. The molecule has 0 saturated heterocycles. The molecule has 3 rings (SSSR count).